The fourth-order valence-electron chi connectivity index (χ4n) is 2.70. The Kier molecular flexibility index (Phi) is 3.99. The summed E-state index contributed by atoms with van der Waals surface area (Å²) < 4.78 is 1.85. The van der Waals surface area contributed by atoms with Crippen LogP contribution in [0.2, 0.25) is 0 Å². The van der Waals surface area contributed by atoms with Crippen LogP contribution in [0.3, 0.4) is 0 Å². The van der Waals surface area contributed by atoms with Crippen LogP contribution in [-0.4, -0.2) is 9.78 Å². The van der Waals surface area contributed by atoms with Crippen LogP contribution in [-0.2, 0) is 7.05 Å². The Morgan fingerprint density at radius 1 is 1.25 bits per heavy atom. The van der Waals surface area contributed by atoms with E-state index in [9.17, 15) is 0 Å². The molecule has 3 heteroatoms. The lowest BCUT2D eigenvalue weighted by Crippen LogP contribution is -2.23. The Bertz CT molecular complexity index is 311. The van der Waals surface area contributed by atoms with E-state index in [1.165, 1.54) is 44.9 Å². The first-order valence-corrected chi connectivity index (χ1v) is 6.52. The summed E-state index contributed by atoms with van der Waals surface area (Å²) in [5.41, 5.74) is 7.39. The molecule has 0 spiro atoms. The Balaban J connectivity index is 1.98. The molecule has 0 amide bonds. The number of rotatable bonds is 2. The standard InChI is InChI=1S/C13H23N3/c1-16-10-9-12(15-16)13(14)11-7-5-3-2-4-6-8-11/h9-11,13H,2-8,14H2,1H3. The van der Waals surface area contributed by atoms with Gasteiger partial charge in [-0.1, -0.05) is 32.1 Å². The number of hydrogen-bond donors (Lipinski definition) is 1. The van der Waals surface area contributed by atoms with Crippen molar-refractivity contribution in [2.45, 2.75) is 51.0 Å². The first-order valence-electron chi connectivity index (χ1n) is 6.52. The van der Waals surface area contributed by atoms with Crippen LogP contribution in [0.4, 0.5) is 0 Å². The van der Waals surface area contributed by atoms with E-state index >= 15 is 0 Å². The van der Waals surface area contributed by atoms with Crippen LogP contribution in [0.15, 0.2) is 12.3 Å². The van der Waals surface area contributed by atoms with Crippen molar-refractivity contribution in [3.05, 3.63) is 18.0 Å². The first-order chi connectivity index (χ1) is 7.77. The average Bonchev–Trinajstić information content (AvgIpc) is 2.63. The molecule has 1 aromatic rings. The zero-order valence-corrected chi connectivity index (χ0v) is 10.2. The molecule has 1 aliphatic carbocycles. The minimum Gasteiger partial charge on any atom is -0.322 e. The molecule has 2 N–H and O–H groups in total. The molecule has 1 saturated carbocycles. The molecule has 1 aromatic heterocycles. The fraction of sp³-hybridized carbons (Fsp3) is 0.769. The lowest BCUT2D eigenvalue weighted by molar-refractivity contribution is 0.323. The number of nitrogens with two attached hydrogens (primary N) is 1. The average molecular weight is 221 g/mol. The van der Waals surface area contributed by atoms with Gasteiger partial charge in [0.2, 0.25) is 0 Å². The van der Waals surface area contributed by atoms with E-state index in [4.69, 9.17) is 5.73 Å². The molecule has 0 radical (unpaired) electrons. The van der Waals surface area contributed by atoms with E-state index in [1.807, 2.05) is 17.9 Å². The first kappa shape index (κ1) is 11.6. The third-order valence-electron chi connectivity index (χ3n) is 3.73. The quantitative estimate of drug-likeness (QED) is 0.834. The van der Waals surface area contributed by atoms with Crippen molar-refractivity contribution in [2.75, 3.05) is 0 Å². The molecule has 16 heavy (non-hydrogen) atoms. The lowest BCUT2D eigenvalue weighted by atomic mass is 9.85. The molecule has 2 rings (SSSR count). The Morgan fingerprint density at radius 2 is 1.88 bits per heavy atom. The summed E-state index contributed by atoms with van der Waals surface area (Å²) in [7, 11) is 1.95. The normalized spacial score (nSPS) is 21.4. The van der Waals surface area contributed by atoms with Crippen molar-refractivity contribution in [1.29, 1.82) is 0 Å². The monoisotopic (exact) mass is 221 g/mol. The SMILES string of the molecule is Cn1ccc(C(N)C2CCCCCCC2)n1. The smallest absolute Gasteiger partial charge is 0.0794 e. The second-order valence-electron chi connectivity index (χ2n) is 5.05. The second kappa shape index (κ2) is 5.48. The van der Waals surface area contributed by atoms with Crippen LogP contribution in [0.5, 0.6) is 0 Å². The molecule has 3 nitrogen and oxygen atoms in total. The molecule has 0 aromatic carbocycles. The van der Waals surface area contributed by atoms with Gasteiger partial charge >= 0.3 is 0 Å². The van der Waals surface area contributed by atoms with E-state index < -0.39 is 0 Å². The van der Waals surface area contributed by atoms with Crippen molar-refractivity contribution < 1.29 is 0 Å². The molecule has 90 valence electrons. The van der Waals surface area contributed by atoms with Gasteiger partial charge in [-0.05, 0) is 24.8 Å². The summed E-state index contributed by atoms with van der Waals surface area (Å²) in [5, 5.41) is 4.43. The zero-order chi connectivity index (χ0) is 11.4. The molecular formula is C13H23N3. The molecule has 1 aliphatic rings. The van der Waals surface area contributed by atoms with Gasteiger partial charge in [0.05, 0.1) is 11.7 Å². The second-order valence-corrected chi connectivity index (χ2v) is 5.05. The van der Waals surface area contributed by atoms with Gasteiger partial charge in [-0.3, -0.25) is 4.68 Å². The number of aromatic nitrogens is 2. The predicted molar refractivity (Wildman–Crippen MR) is 65.9 cm³/mol. The summed E-state index contributed by atoms with van der Waals surface area (Å²) in [6, 6.07) is 2.20. The molecule has 1 fully saturated rings. The van der Waals surface area contributed by atoms with Crippen LogP contribution in [0.1, 0.15) is 56.7 Å². The zero-order valence-electron chi connectivity index (χ0n) is 10.2. The topological polar surface area (TPSA) is 43.8 Å². The summed E-state index contributed by atoms with van der Waals surface area (Å²) in [5.74, 6) is 0.634. The molecule has 1 unspecified atom stereocenters. The van der Waals surface area contributed by atoms with Crippen molar-refractivity contribution in [1.82, 2.24) is 9.78 Å². The Labute approximate surface area is 98.0 Å². The molecule has 0 saturated heterocycles. The fourth-order valence-corrected chi connectivity index (χ4v) is 2.70. The molecular weight excluding hydrogens is 198 g/mol. The van der Waals surface area contributed by atoms with Crippen molar-refractivity contribution >= 4 is 0 Å². The molecule has 1 atom stereocenters. The Morgan fingerprint density at radius 3 is 2.44 bits per heavy atom. The number of nitrogens with zero attached hydrogens (tertiary/aromatic N) is 2. The van der Waals surface area contributed by atoms with Gasteiger partial charge in [-0.25, -0.2) is 0 Å². The van der Waals surface area contributed by atoms with Crippen LogP contribution in [0.25, 0.3) is 0 Å². The molecule has 0 bridgehead atoms. The van der Waals surface area contributed by atoms with Gasteiger partial charge in [0.1, 0.15) is 0 Å². The maximum atomic E-state index is 6.33. The number of aryl methyl sites for hydroxylation is 1. The third-order valence-corrected chi connectivity index (χ3v) is 3.73. The highest BCUT2D eigenvalue weighted by Crippen LogP contribution is 2.30. The maximum Gasteiger partial charge on any atom is 0.0794 e. The number of hydrogen-bond acceptors (Lipinski definition) is 2. The van der Waals surface area contributed by atoms with Gasteiger partial charge in [-0.2, -0.15) is 5.10 Å². The summed E-state index contributed by atoms with van der Waals surface area (Å²) in [6.45, 7) is 0. The summed E-state index contributed by atoms with van der Waals surface area (Å²) >= 11 is 0. The maximum absolute atomic E-state index is 6.33. The van der Waals surface area contributed by atoms with E-state index in [2.05, 4.69) is 11.2 Å². The van der Waals surface area contributed by atoms with Crippen LogP contribution >= 0.6 is 0 Å². The summed E-state index contributed by atoms with van der Waals surface area (Å²) in [4.78, 5) is 0. The molecule has 0 aliphatic heterocycles. The minimum atomic E-state index is 0.138. The lowest BCUT2D eigenvalue weighted by Gasteiger charge is -2.24. The molecule has 1 heterocycles. The largest absolute Gasteiger partial charge is 0.322 e. The van der Waals surface area contributed by atoms with Crippen molar-refractivity contribution in [3.8, 4) is 0 Å². The summed E-state index contributed by atoms with van der Waals surface area (Å²) in [6.07, 6.45) is 11.4. The van der Waals surface area contributed by atoms with Gasteiger partial charge in [0.15, 0.2) is 0 Å². The van der Waals surface area contributed by atoms with Gasteiger partial charge in [-0.15, -0.1) is 0 Å². The van der Waals surface area contributed by atoms with Crippen molar-refractivity contribution in [2.24, 2.45) is 18.7 Å². The predicted octanol–water partition coefficient (Wildman–Crippen LogP) is 2.78. The highest BCUT2D eigenvalue weighted by Gasteiger charge is 2.21. The van der Waals surface area contributed by atoms with E-state index in [1.54, 1.807) is 0 Å². The Hall–Kier alpha value is -0.830. The van der Waals surface area contributed by atoms with E-state index in [0.717, 1.165) is 5.69 Å². The van der Waals surface area contributed by atoms with Crippen molar-refractivity contribution in [3.63, 3.8) is 0 Å². The van der Waals surface area contributed by atoms with E-state index in [0.29, 0.717) is 5.92 Å². The van der Waals surface area contributed by atoms with Crippen LogP contribution < -0.4 is 5.73 Å². The van der Waals surface area contributed by atoms with E-state index in [-0.39, 0.29) is 6.04 Å². The highest BCUT2D eigenvalue weighted by molar-refractivity contribution is 5.06. The van der Waals surface area contributed by atoms with Gasteiger partial charge < -0.3 is 5.73 Å². The third kappa shape index (κ3) is 2.85. The van der Waals surface area contributed by atoms with Gasteiger partial charge in [0.25, 0.3) is 0 Å². The minimum absolute atomic E-state index is 0.138. The highest BCUT2D eigenvalue weighted by atomic mass is 15.3. The van der Waals surface area contributed by atoms with Crippen LogP contribution in [0, 0.1) is 5.92 Å². The van der Waals surface area contributed by atoms with Gasteiger partial charge in [0, 0.05) is 13.2 Å².